The second-order valence-corrected chi connectivity index (χ2v) is 7.55. The number of amides is 2. The standard InChI is InChI=1S/C20H28N2O4/c1-26-17-6-3-2-5-16(17)20(11-4-12-20)13-21-19(25)22-15-9-7-14(8-10-15)18(23)24/h2-3,5-6,14-15H,4,7-13H2,1H3,(H,23,24)(H2,21,22,25). The van der Waals surface area contributed by atoms with Gasteiger partial charge < -0.3 is 20.5 Å². The first kappa shape index (κ1) is 18.5. The Balaban J connectivity index is 1.53. The van der Waals surface area contributed by atoms with E-state index in [1.807, 2.05) is 18.2 Å². The van der Waals surface area contributed by atoms with E-state index < -0.39 is 5.97 Å². The first-order chi connectivity index (χ1) is 12.5. The maximum absolute atomic E-state index is 12.3. The van der Waals surface area contributed by atoms with Crippen molar-refractivity contribution in [2.45, 2.75) is 56.4 Å². The molecule has 0 radical (unpaired) electrons. The lowest BCUT2D eigenvalue weighted by atomic mass is 9.64. The maximum atomic E-state index is 12.3. The number of carboxylic acid groups (broad SMARTS) is 1. The summed E-state index contributed by atoms with van der Waals surface area (Å²) in [6.07, 6.45) is 5.94. The van der Waals surface area contributed by atoms with Crippen molar-refractivity contribution in [2.24, 2.45) is 5.92 Å². The van der Waals surface area contributed by atoms with E-state index in [1.165, 1.54) is 0 Å². The molecule has 6 nitrogen and oxygen atoms in total. The lowest BCUT2D eigenvalue weighted by molar-refractivity contribution is -0.142. The van der Waals surface area contributed by atoms with E-state index >= 15 is 0 Å². The molecule has 2 fully saturated rings. The van der Waals surface area contributed by atoms with Crippen LogP contribution in [0.4, 0.5) is 4.79 Å². The normalized spacial score (nSPS) is 24.2. The third-order valence-electron chi connectivity index (χ3n) is 5.99. The van der Waals surface area contributed by atoms with Crippen LogP contribution in [0.15, 0.2) is 24.3 Å². The van der Waals surface area contributed by atoms with Crippen LogP contribution in [0.2, 0.25) is 0 Å². The predicted octanol–water partition coefficient (Wildman–Crippen LogP) is 3.06. The molecule has 3 N–H and O–H groups in total. The minimum Gasteiger partial charge on any atom is -0.496 e. The quantitative estimate of drug-likeness (QED) is 0.727. The second-order valence-electron chi connectivity index (χ2n) is 7.55. The number of nitrogens with one attached hydrogen (secondary N) is 2. The highest BCUT2D eigenvalue weighted by Crippen LogP contribution is 2.46. The fourth-order valence-electron chi connectivity index (χ4n) is 4.20. The molecule has 1 aromatic rings. The van der Waals surface area contributed by atoms with E-state index in [0.717, 1.165) is 43.4 Å². The van der Waals surface area contributed by atoms with Gasteiger partial charge in [-0.25, -0.2) is 4.79 Å². The molecule has 0 unspecified atom stereocenters. The second kappa shape index (κ2) is 7.98. The van der Waals surface area contributed by atoms with Crippen LogP contribution in [0.3, 0.4) is 0 Å². The number of methoxy groups -OCH3 is 1. The Labute approximate surface area is 154 Å². The van der Waals surface area contributed by atoms with Gasteiger partial charge in [0.05, 0.1) is 13.0 Å². The number of carbonyl (C=O) groups is 2. The van der Waals surface area contributed by atoms with Gasteiger partial charge in [-0.1, -0.05) is 24.6 Å². The number of rotatable bonds is 6. The first-order valence-corrected chi connectivity index (χ1v) is 9.45. The topological polar surface area (TPSA) is 87.7 Å². The van der Waals surface area contributed by atoms with Gasteiger partial charge in [0.2, 0.25) is 0 Å². The summed E-state index contributed by atoms with van der Waals surface area (Å²) in [6, 6.07) is 7.93. The number of hydrogen-bond donors (Lipinski definition) is 3. The molecule has 0 atom stereocenters. The van der Waals surface area contributed by atoms with E-state index in [9.17, 15) is 9.59 Å². The molecule has 0 heterocycles. The Hall–Kier alpha value is -2.24. The smallest absolute Gasteiger partial charge is 0.315 e. The molecule has 0 spiro atoms. The predicted molar refractivity (Wildman–Crippen MR) is 98.4 cm³/mol. The van der Waals surface area contributed by atoms with E-state index in [-0.39, 0.29) is 23.4 Å². The fourth-order valence-corrected chi connectivity index (χ4v) is 4.20. The first-order valence-electron chi connectivity index (χ1n) is 9.45. The summed E-state index contributed by atoms with van der Waals surface area (Å²) in [5.74, 6) is -0.113. The summed E-state index contributed by atoms with van der Waals surface area (Å²) in [7, 11) is 1.68. The number of benzene rings is 1. The molecule has 1 aromatic carbocycles. The molecular weight excluding hydrogens is 332 g/mol. The minimum absolute atomic E-state index is 0.0507. The Bertz CT molecular complexity index is 649. The number of hydrogen-bond acceptors (Lipinski definition) is 3. The fraction of sp³-hybridized carbons (Fsp3) is 0.600. The lowest BCUT2D eigenvalue weighted by Crippen LogP contribution is -2.50. The Morgan fingerprint density at radius 2 is 1.88 bits per heavy atom. The average molecular weight is 360 g/mol. The highest BCUT2D eigenvalue weighted by Gasteiger charge is 2.41. The van der Waals surface area contributed by atoms with E-state index in [0.29, 0.717) is 19.4 Å². The molecular formula is C20H28N2O4. The van der Waals surface area contributed by atoms with Crippen molar-refractivity contribution in [1.82, 2.24) is 10.6 Å². The van der Waals surface area contributed by atoms with Crippen LogP contribution >= 0.6 is 0 Å². The zero-order valence-electron chi connectivity index (χ0n) is 15.3. The van der Waals surface area contributed by atoms with Gasteiger partial charge in [0.25, 0.3) is 0 Å². The molecule has 2 saturated carbocycles. The monoisotopic (exact) mass is 360 g/mol. The van der Waals surface area contributed by atoms with Crippen molar-refractivity contribution < 1.29 is 19.4 Å². The van der Waals surface area contributed by atoms with Gasteiger partial charge in [-0.2, -0.15) is 0 Å². The third-order valence-corrected chi connectivity index (χ3v) is 5.99. The SMILES string of the molecule is COc1ccccc1C1(CNC(=O)NC2CCC(C(=O)O)CC2)CCC1. The Morgan fingerprint density at radius 3 is 2.46 bits per heavy atom. The lowest BCUT2D eigenvalue weighted by Gasteiger charge is -2.43. The van der Waals surface area contributed by atoms with Crippen LogP contribution < -0.4 is 15.4 Å². The van der Waals surface area contributed by atoms with Gasteiger partial charge in [-0.05, 0) is 44.6 Å². The molecule has 0 bridgehead atoms. The molecule has 0 saturated heterocycles. The van der Waals surface area contributed by atoms with Crippen molar-refractivity contribution in [3.05, 3.63) is 29.8 Å². The molecule has 26 heavy (non-hydrogen) atoms. The number of carboxylic acids is 1. The summed E-state index contributed by atoms with van der Waals surface area (Å²) >= 11 is 0. The summed E-state index contributed by atoms with van der Waals surface area (Å²) in [6.45, 7) is 0.587. The highest BCUT2D eigenvalue weighted by molar-refractivity contribution is 5.74. The number of aliphatic carboxylic acids is 1. The minimum atomic E-state index is -0.725. The number of urea groups is 1. The van der Waals surface area contributed by atoms with Crippen molar-refractivity contribution in [3.63, 3.8) is 0 Å². The van der Waals surface area contributed by atoms with Crippen LogP contribution in [0, 0.1) is 5.92 Å². The molecule has 2 aliphatic carbocycles. The van der Waals surface area contributed by atoms with Crippen LogP contribution in [0.25, 0.3) is 0 Å². The van der Waals surface area contributed by atoms with Crippen LogP contribution in [0.5, 0.6) is 5.75 Å². The van der Waals surface area contributed by atoms with Gasteiger partial charge in [0, 0.05) is 23.6 Å². The highest BCUT2D eigenvalue weighted by atomic mass is 16.5. The van der Waals surface area contributed by atoms with E-state index in [1.54, 1.807) is 7.11 Å². The molecule has 2 aliphatic rings. The van der Waals surface area contributed by atoms with Gasteiger partial charge >= 0.3 is 12.0 Å². The van der Waals surface area contributed by atoms with Crippen LogP contribution in [-0.4, -0.2) is 36.8 Å². The summed E-state index contributed by atoms with van der Waals surface area (Å²) in [5, 5.41) is 15.1. The van der Waals surface area contributed by atoms with Gasteiger partial charge in [0.1, 0.15) is 5.75 Å². The average Bonchev–Trinajstić information content (AvgIpc) is 2.61. The Kier molecular flexibility index (Phi) is 5.69. The molecule has 3 rings (SSSR count). The Morgan fingerprint density at radius 1 is 1.19 bits per heavy atom. The van der Waals surface area contributed by atoms with Crippen LogP contribution in [-0.2, 0) is 10.2 Å². The molecule has 0 aromatic heterocycles. The van der Waals surface area contributed by atoms with Crippen molar-refractivity contribution in [2.75, 3.05) is 13.7 Å². The summed E-state index contributed by atoms with van der Waals surface area (Å²) < 4.78 is 5.51. The number of para-hydroxylation sites is 1. The molecule has 2 amide bonds. The number of carbonyl (C=O) groups excluding carboxylic acids is 1. The largest absolute Gasteiger partial charge is 0.496 e. The number of ether oxygens (including phenoxy) is 1. The van der Waals surface area contributed by atoms with Crippen LogP contribution in [0.1, 0.15) is 50.5 Å². The van der Waals surface area contributed by atoms with Gasteiger partial charge in [-0.15, -0.1) is 0 Å². The zero-order chi connectivity index (χ0) is 18.6. The van der Waals surface area contributed by atoms with Crippen molar-refractivity contribution in [3.8, 4) is 5.75 Å². The summed E-state index contributed by atoms with van der Waals surface area (Å²) in [4.78, 5) is 23.3. The zero-order valence-corrected chi connectivity index (χ0v) is 15.3. The van der Waals surface area contributed by atoms with Gasteiger partial charge in [0.15, 0.2) is 0 Å². The third kappa shape index (κ3) is 3.94. The van der Waals surface area contributed by atoms with Crippen molar-refractivity contribution in [1.29, 1.82) is 0 Å². The molecule has 142 valence electrons. The maximum Gasteiger partial charge on any atom is 0.315 e. The molecule has 0 aliphatic heterocycles. The van der Waals surface area contributed by atoms with Gasteiger partial charge in [-0.3, -0.25) is 4.79 Å². The van der Waals surface area contributed by atoms with E-state index in [2.05, 4.69) is 16.7 Å². The van der Waals surface area contributed by atoms with Crippen molar-refractivity contribution >= 4 is 12.0 Å². The van der Waals surface area contributed by atoms with E-state index in [4.69, 9.17) is 9.84 Å². The molecule has 6 heteroatoms. The summed E-state index contributed by atoms with van der Waals surface area (Å²) in [5.41, 5.74) is 1.11.